The van der Waals surface area contributed by atoms with Gasteiger partial charge in [-0.1, -0.05) is 0 Å². The number of hydrogen-bond acceptors (Lipinski definition) is 4. The Morgan fingerprint density at radius 2 is 2.12 bits per heavy atom. The number of benzene rings is 1. The van der Waals surface area contributed by atoms with Gasteiger partial charge >= 0.3 is 11.9 Å². The van der Waals surface area contributed by atoms with E-state index in [1.165, 1.54) is 30.0 Å². The van der Waals surface area contributed by atoms with E-state index in [9.17, 15) is 9.59 Å². The maximum Gasteiger partial charge on any atom is 0.339 e. The number of carboxylic acids is 1. The number of carboxylic acid groups (broad SMARTS) is 1. The molecular formula is C11H12O4S. The first-order valence-electron chi connectivity index (χ1n) is 4.68. The predicted molar refractivity (Wildman–Crippen MR) is 61.1 cm³/mol. The van der Waals surface area contributed by atoms with Gasteiger partial charge in [0.15, 0.2) is 0 Å². The second-order valence-corrected chi connectivity index (χ2v) is 3.79. The molecule has 0 fully saturated rings. The zero-order chi connectivity index (χ0) is 12.1. The molecule has 1 aromatic carbocycles. The first-order valence-corrected chi connectivity index (χ1v) is 5.91. The lowest BCUT2D eigenvalue weighted by atomic mass is 10.1. The highest BCUT2D eigenvalue weighted by Crippen LogP contribution is 2.22. The van der Waals surface area contributed by atoms with Crippen LogP contribution in [-0.4, -0.2) is 29.9 Å². The molecule has 0 bridgehead atoms. The highest BCUT2D eigenvalue weighted by atomic mass is 32.2. The minimum Gasteiger partial charge on any atom is -0.478 e. The van der Waals surface area contributed by atoms with E-state index in [1.54, 1.807) is 13.2 Å². The fourth-order valence-electron chi connectivity index (χ4n) is 1.20. The Labute approximate surface area is 97.6 Å². The van der Waals surface area contributed by atoms with Gasteiger partial charge in [0.25, 0.3) is 0 Å². The van der Waals surface area contributed by atoms with Gasteiger partial charge in [-0.25, -0.2) is 9.59 Å². The Morgan fingerprint density at radius 1 is 1.44 bits per heavy atom. The molecule has 5 heteroatoms. The van der Waals surface area contributed by atoms with Crippen molar-refractivity contribution >= 4 is 23.7 Å². The maximum atomic E-state index is 11.5. The van der Waals surface area contributed by atoms with E-state index in [0.717, 1.165) is 0 Å². The van der Waals surface area contributed by atoms with Gasteiger partial charge in [-0.2, -0.15) is 0 Å². The zero-order valence-electron chi connectivity index (χ0n) is 9.02. The van der Waals surface area contributed by atoms with Gasteiger partial charge in [-0.15, -0.1) is 11.8 Å². The molecule has 0 aliphatic carbocycles. The molecule has 0 saturated heterocycles. The number of aromatic carboxylic acids is 1. The third-order valence-electron chi connectivity index (χ3n) is 1.94. The largest absolute Gasteiger partial charge is 0.478 e. The number of ether oxygens (including phenoxy) is 1. The Morgan fingerprint density at radius 3 is 2.62 bits per heavy atom. The maximum absolute atomic E-state index is 11.5. The molecule has 0 radical (unpaired) electrons. The Hall–Kier alpha value is -1.49. The first-order chi connectivity index (χ1) is 7.60. The lowest BCUT2D eigenvalue weighted by Crippen LogP contribution is -2.07. The average Bonchev–Trinajstić information content (AvgIpc) is 2.28. The normalized spacial score (nSPS) is 9.88. The van der Waals surface area contributed by atoms with Crippen LogP contribution in [0.1, 0.15) is 27.6 Å². The molecule has 0 spiro atoms. The Balaban J connectivity index is 3.11. The van der Waals surface area contributed by atoms with Gasteiger partial charge in [0.2, 0.25) is 0 Å². The molecule has 0 amide bonds. The second kappa shape index (κ2) is 5.55. The molecule has 1 aromatic rings. The summed E-state index contributed by atoms with van der Waals surface area (Å²) in [5.74, 6) is -1.44. The zero-order valence-corrected chi connectivity index (χ0v) is 9.84. The van der Waals surface area contributed by atoms with E-state index < -0.39 is 11.9 Å². The average molecular weight is 240 g/mol. The van der Waals surface area contributed by atoms with Crippen molar-refractivity contribution in [3.8, 4) is 0 Å². The van der Waals surface area contributed by atoms with Crippen molar-refractivity contribution in [3.63, 3.8) is 0 Å². The van der Waals surface area contributed by atoms with Crippen molar-refractivity contribution in [2.24, 2.45) is 0 Å². The number of carbonyl (C=O) groups is 2. The minimum absolute atomic E-state index is 0.164. The lowest BCUT2D eigenvalue weighted by Gasteiger charge is -2.07. The van der Waals surface area contributed by atoms with Crippen LogP contribution >= 0.6 is 11.8 Å². The van der Waals surface area contributed by atoms with Crippen LogP contribution in [0.3, 0.4) is 0 Å². The molecule has 86 valence electrons. The number of thioether (sulfide) groups is 1. The number of rotatable bonds is 4. The van der Waals surface area contributed by atoms with Crippen LogP contribution in [0.25, 0.3) is 0 Å². The van der Waals surface area contributed by atoms with Crippen molar-refractivity contribution in [1.82, 2.24) is 0 Å². The Kier molecular flexibility index (Phi) is 4.37. The van der Waals surface area contributed by atoms with E-state index in [1.807, 2.05) is 0 Å². The van der Waals surface area contributed by atoms with Crippen molar-refractivity contribution < 1.29 is 19.4 Å². The van der Waals surface area contributed by atoms with Gasteiger partial charge in [-0.3, -0.25) is 0 Å². The molecule has 4 nitrogen and oxygen atoms in total. The standard InChI is InChI=1S/C11H12O4S/c1-3-15-11(14)8-5-4-7(10(12)13)6-9(8)16-2/h4-6H,3H2,1-2H3,(H,12,13). The van der Waals surface area contributed by atoms with Crippen LogP contribution in [0.5, 0.6) is 0 Å². The molecule has 16 heavy (non-hydrogen) atoms. The summed E-state index contributed by atoms with van der Waals surface area (Å²) in [6, 6.07) is 4.35. The molecular weight excluding hydrogens is 228 g/mol. The topological polar surface area (TPSA) is 63.6 Å². The summed E-state index contributed by atoms with van der Waals surface area (Å²) in [6.07, 6.45) is 1.78. The highest BCUT2D eigenvalue weighted by molar-refractivity contribution is 7.98. The van der Waals surface area contributed by atoms with E-state index >= 15 is 0 Å². The molecule has 0 unspecified atom stereocenters. The van der Waals surface area contributed by atoms with E-state index in [2.05, 4.69) is 0 Å². The second-order valence-electron chi connectivity index (χ2n) is 2.94. The number of carbonyl (C=O) groups excluding carboxylic acids is 1. The fourth-order valence-corrected chi connectivity index (χ4v) is 1.82. The summed E-state index contributed by atoms with van der Waals surface area (Å²) in [6.45, 7) is 2.02. The highest BCUT2D eigenvalue weighted by Gasteiger charge is 2.14. The van der Waals surface area contributed by atoms with Gasteiger partial charge in [0.05, 0.1) is 17.7 Å². The van der Waals surface area contributed by atoms with Crippen LogP contribution in [-0.2, 0) is 4.74 Å². The monoisotopic (exact) mass is 240 g/mol. The third-order valence-corrected chi connectivity index (χ3v) is 2.72. The predicted octanol–water partition coefficient (Wildman–Crippen LogP) is 2.28. The summed E-state index contributed by atoms with van der Waals surface area (Å²) >= 11 is 1.32. The lowest BCUT2D eigenvalue weighted by molar-refractivity contribution is 0.0521. The Bertz CT molecular complexity index is 414. The number of esters is 1. The minimum atomic E-state index is -1.01. The smallest absolute Gasteiger partial charge is 0.339 e. The van der Waals surface area contributed by atoms with Gasteiger partial charge in [0.1, 0.15) is 0 Å². The molecule has 1 N–H and O–H groups in total. The molecule has 0 atom stereocenters. The first kappa shape index (κ1) is 12.6. The van der Waals surface area contributed by atoms with E-state index in [4.69, 9.17) is 9.84 Å². The third kappa shape index (κ3) is 2.76. The molecule has 0 aliphatic heterocycles. The SMILES string of the molecule is CCOC(=O)c1ccc(C(=O)O)cc1SC. The van der Waals surface area contributed by atoms with E-state index in [-0.39, 0.29) is 5.56 Å². The molecule has 0 aromatic heterocycles. The summed E-state index contributed by atoms with van der Waals surface area (Å²) in [4.78, 5) is 22.9. The molecule has 0 saturated carbocycles. The molecule has 0 aliphatic rings. The van der Waals surface area contributed by atoms with Gasteiger partial charge in [-0.05, 0) is 31.4 Å². The fraction of sp³-hybridized carbons (Fsp3) is 0.273. The summed E-state index contributed by atoms with van der Waals surface area (Å²) in [7, 11) is 0. The summed E-state index contributed by atoms with van der Waals surface area (Å²) < 4.78 is 4.87. The number of hydrogen-bond donors (Lipinski definition) is 1. The van der Waals surface area contributed by atoms with Crippen LogP contribution in [0.4, 0.5) is 0 Å². The van der Waals surface area contributed by atoms with Crippen molar-refractivity contribution in [2.75, 3.05) is 12.9 Å². The van der Waals surface area contributed by atoms with Crippen LogP contribution in [0, 0.1) is 0 Å². The summed E-state index contributed by atoms with van der Waals surface area (Å²) in [5, 5.41) is 8.81. The van der Waals surface area contributed by atoms with E-state index in [0.29, 0.717) is 17.1 Å². The van der Waals surface area contributed by atoms with Gasteiger partial charge in [0, 0.05) is 4.90 Å². The van der Waals surface area contributed by atoms with Crippen molar-refractivity contribution in [1.29, 1.82) is 0 Å². The quantitative estimate of drug-likeness (QED) is 0.646. The summed E-state index contributed by atoms with van der Waals surface area (Å²) in [5.41, 5.74) is 0.566. The molecule has 1 rings (SSSR count). The molecule has 0 heterocycles. The van der Waals surface area contributed by atoms with Crippen molar-refractivity contribution in [3.05, 3.63) is 29.3 Å². The van der Waals surface area contributed by atoms with Crippen LogP contribution in [0.15, 0.2) is 23.1 Å². The van der Waals surface area contributed by atoms with Crippen LogP contribution < -0.4 is 0 Å². The van der Waals surface area contributed by atoms with Crippen molar-refractivity contribution in [2.45, 2.75) is 11.8 Å². The van der Waals surface area contributed by atoms with Crippen LogP contribution in [0.2, 0.25) is 0 Å². The van der Waals surface area contributed by atoms with Gasteiger partial charge < -0.3 is 9.84 Å².